The Hall–Kier alpha value is -1.08. The van der Waals surface area contributed by atoms with E-state index in [1.807, 2.05) is 0 Å². The van der Waals surface area contributed by atoms with Crippen molar-refractivity contribution in [3.63, 3.8) is 0 Å². The Morgan fingerprint density at radius 1 is 1.32 bits per heavy atom. The summed E-state index contributed by atoms with van der Waals surface area (Å²) in [6.07, 6.45) is 0. The third-order valence-corrected chi connectivity index (χ3v) is 6.07. The molecule has 0 aliphatic carbocycles. The van der Waals surface area contributed by atoms with E-state index < -0.39 is 10.0 Å². The molecule has 2 N–H and O–H groups in total. The summed E-state index contributed by atoms with van der Waals surface area (Å²) in [5.74, 6) is 0. The zero-order chi connectivity index (χ0) is 14.0. The van der Waals surface area contributed by atoms with E-state index in [9.17, 15) is 8.42 Å². The molecule has 0 aliphatic rings. The summed E-state index contributed by atoms with van der Waals surface area (Å²) < 4.78 is 26.1. The summed E-state index contributed by atoms with van der Waals surface area (Å²) >= 11 is 6.91. The van der Waals surface area contributed by atoms with Crippen LogP contribution in [0.3, 0.4) is 0 Å². The van der Waals surface area contributed by atoms with Crippen molar-refractivity contribution in [3.8, 4) is 0 Å². The van der Waals surface area contributed by atoms with Gasteiger partial charge in [0, 0.05) is 29.7 Å². The second-order valence-electron chi connectivity index (χ2n) is 4.09. The lowest BCUT2D eigenvalue weighted by atomic mass is 10.2. The molecule has 1 aromatic carbocycles. The SMILES string of the molecule is CN(Cc1ccc(Cl)cc1)S(=O)(=O)c1cc(N)cs1. The number of nitrogens with two attached hydrogens (primary N) is 1. The van der Waals surface area contributed by atoms with Crippen LogP contribution in [0.4, 0.5) is 5.69 Å². The van der Waals surface area contributed by atoms with E-state index in [4.69, 9.17) is 17.3 Å². The average Bonchev–Trinajstić information content (AvgIpc) is 2.79. The maximum absolute atomic E-state index is 12.3. The molecule has 19 heavy (non-hydrogen) atoms. The largest absolute Gasteiger partial charge is 0.398 e. The minimum absolute atomic E-state index is 0.251. The molecular weight excluding hydrogens is 304 g/mol. The van der Waals surface area contributed by atoms with E-state index in [2.05, 4.69) is 0 Å². The van der Waals surface area contributed by atoms with Crippen molar-refractivity contribution in [2.45, 2.75) is 10.8 Å². The molecule has 0 aliphatic heterocycles. The Balaban J connectivity index is 2.19. The third-order valence-electron chi connectivity index (χ3n) is 2.58. The highest BCUT2D eigenvalue weighted by Crippen LogP contribution is 2.25. The number of halogens is 1. The lowest BCUT2D eigenvalue weighted by Crippen LogP contribution is -2.25. The van der Waals surface area contributed by atoms with Crippen molar-refractivity contribution in [1.29, 1.82) is 0 Å². The van der Waals surface area contributed by atoms with Crippen molar-refractivity contribution in [3.05, 3.63) is 46.3 Å². The number of benzene rings is 1. The van der Waals surface area contributed by atoms with Crippen LogP contribution in [-0.4, -0.2) is 19.8 Å². The molecule has 0 unspecified atom stereocenters. The number of nitrogens with zero attached hydrogens (tertiary/aromatic N) is 1. The number of hydrogen-bond acceptors (Lipinski definition) is 4. The van der Waals surface area contributed by atoms with Gasteiger partial charge in [0.15, 0.2) is 0 Å². The number of hydrogen-bond donors (Lipinski definition) is 1. The molecule has 102 valence electrons. The minimum atomic E-state index is -3.49. The van der Waals surface area contributed by atoms with Crippen LogP contribution in [0.5, 0.6) is 0 Å². The van der Waals surface area contributed by atoms with Gasteiger partial charge in [-0.1, -0.05) is 23.7 Å². The highest BCUT2D eigenvalue weighted by atomic mass is 35.5. The monoisotopic (exact) mass is 316 g/mol. The highest BCUT2D eigenvalue weighted by molar-refractivity contribution is 7.91. The third kappa shape index (κ3) is 3.27. The second-order valence-corrected chi connectivity index (χ2v) is 7.71. The molecule has 0 fully saturated rings. The maximum Gasteiger partial charge on any atom is 0.252 e. The van der Waals surface area contributed by atoms with Crippen LogP contribution in [0.2, 0.25) is 5.02 Å². The smallest absolute Gasteiger partial charge is 0.252 e. The molecule has 0 saturated carbocycles. The fourth-order valence-corrected chi connectivity index (χ4v) is 4.13. The zero-order valence-corrected chi connectivity index (χ0v) is 12.6. The highest BCUT2D eigenvalue weighted by Gasteiger charge is 2.22. The van der Waals surface area contributed by atoms with Crippen molar-refractivity contribution >= 4 is 38.6 Å². The second kappa shape index (κ2) is 5.50. The number of nitrogen functional groups attached to an aromatic ring is 1. The number of thiophene rings is 1. The molecule has 0 radical (unpaired) electrons. The van der Waals surface area contributed by atoms with Gasteiger partial charge >= 0.3 is 0 Å². The Bertz CT molecular complexity index is 665. The normalized spacial score (nSPS) is 11.9. The van der Waals surface area contributed by atoms with Gasteiger partial charge in [0.2, 0.25) is 0 Å². The fraction of sp³-hybridized carbons (Fsp3) is 0.167. The maximum atomic E-state index is 12.3. The van der Waals surface area contributed by atoms with E-state index in [1.165, 1.54) is 10.4 Å². The Morgan fingerprint density at radius 3 is 2.47 bits per heavy atom. The zero-order valence-electron chi connectivity index (χ0n) is 10.2. The average molecular weight is 317 g/mol. The fourth-order valence-electron chi connectivity index (χ4n) is 1.55. The summed E-state index contributed by atoms with van der Waals surface area (Å²) in [5.41, 5.74) is 6.89. The van der Waals surface area contributed by atoms with Crippen molar-refractivity contribution in [2.24, 2.45) is 0 Å². The van der Waals surface area contributed by atoms with Crippen LogP contribution in [0.25, 0.3) is 0 Å². The molecular formula is C12H13ClN2O2S2. The molecule has 1 aromatic heterocycles. The molecule has 0 spiro atoms. The van der Waals surface area contributed by atoms with Gasteiger partial charge in [-0.15, -0.1) is 11.3 Å². The lowest BCUT2D eigenvalue weighted by Gasteiger charge is -2.16. The summed E-state index contributed by atoms with van der Waals surface area (Å²) in [6, 6.07) is 8.55. The van der Waals surface area contributed by atoms with Crippen molar-refractivity contribution in [2.75, 3.05) is 12.8 Å². The summed E-state index contributed by atoms with van der Waals surface area (Å²) in [4.78, 5) is 0. The first-order chi connectivity index (χ1) is 8.89. The number of sulfonamides is 1. The number of anilines is 1. The summed E-state index contributed by atoms with van der Waals surface area (Å²) in [6.45, 7) is 0.289. The van der Waals surface area contributed by atoms with Gasteiger partial charge in [0.05, 0.1) is 0 Å². The Kier molecular flexibility index (Phi) is 4.15. The first-order valence-corrected chi connectivity index (χ1v) is 8.14. The van der Waals surface area contributed by atoms with Crippen molar-refractivity contribution < 1.29 is 8.42 Å². The van der Waals surface area contributed by atoms with Crippen LogP contribution < -0.4 is 5.73 Å². The van der Waals surface area contributed by atoms with Crippen LogP contribution in [0.15, 0.2) is 39.9 Å². The van der Waals surface area contributed by atoms with Crippen LogP contribution in [0, 0.1) is 0 Å². The molecule has 1 heterocycles. The predicted octanol–water partition coefficient (Wildman–Crippen LogP) is 2.80. The molecule has 0 amide bonds. The molecule has 0 bridgehead atoms. The summed E-state index contributed by atoms with van der Waals surface area (Å²) in [5, 5.41) is 2.24. The first kappa shape index (κ1) is 14.3. The molecule has 0 atom stereocenters. The van der Waals surface area contributed by atoms with Gasteiger partial charge in [-0.2, -0.15) is 4.31 Å². The van der Waals surface area contributed by atoms with Crippen LogP contribution in [-0.2, 0) is 16.6 Å². The molecule has 7 heteroatoms. The van der Waals surface area contributed by atoms with Gasteiger partial charge in [0.1, 0.15) is 4.21 Å². The molecule has 0 saturated heterocycles. The van der Waals surface area contributed by atoms with E-state index in [0.29, 0.717) is 10.7 Å². The van der Waals surface area contributed by atoms with E-state index in [1.54, 1.807) is 36.7 Å². The molecule has 2 aromatic rings. The number of rotatable bonds is 4. The first-order valence-electron chi connectivity index (χ1n) is 5.44. The molecule has 2 rings (SSSR count). The topological polar surface area (TPSA) is 63.4 Å². The molecule has 4 nitrogen and oxygen atoms in total. The minimum Gasteiger partial charge on any atom is -0.398 e. The van der Waals surface area contributed by atoms with Crippen molar-refractivity contribution in [1.82, 2.24) is 4.31 Å². The van der Waals surface area contributed by atoms with Crippen LogP contribution >= 0.6 is 22.9 Å². The van der Waals surface area contributed by atoms with Gasteiger partial charge in [-0.25, -0.2) is 8.42 Å². The van der Waals surface area contributed by atoms with Gasteiger partial charge < -0.3 is 5.73 Å². The van der Waals surface area contributed by atoms with E-state index in [0.717, 1.165) is 16.9 Å². The van der Waals surface area contributed by atoms with E-state index >= 15 is 0 Å². The van der Waals surface area contributed by atoms with Gasteiger partial charge in [-0.05, 0) is 23.8 Å². The van der Waals surface area contributed by atoms with Gasteiger partial charge in [0.25, 0.3) is 10.0 Å². The van der Waals surface area contributed by atoms with Crippen LogP contribution in [0.1, 0.15) is 5.56 Å². The predicted molar refractivity (Wildman–Crippen MR) is 78.8 cm³/mol. The quantitative estimate of drug-likeness (QED) is 0.943. The van der Waals surface area contributed by atoms with E-state index in [-0.39, 0.29) is 10.8 Å². The van der Waals surface area contributed by atoms with Gasteiger partial charge in [-0.3, -0.25) is 0 Å². The summed E-state index contributed by atoms with van der Waals surface area (Å²) in [7, 11) is -1.95. The standard InChI is InChI=1S/C12H13ClN2O2S2/c1-15(7-9-2-4-10(13)5-3-9)19(16,17)12-6-11(14)8-18-12/h2-6,8H,7,14H2,1H3. The Labute approximate surface area is 121 Å². The lowest BCUT2D eigenvalue weighted by molar-refractivity contribution is 0.468. The Morgan fingerprint density at radius 2 is 1.95 bits per heavy atom.